The van der Waals surface area contributed by atoms with Crippen molar-refractivity contribution >= 4 is 18.4 Å². The minimum Gasteiger partial charge on any atom is -0.244 e. The summed E-state index contributed by atoms with van der Waals surface area (Å²) in [5, 5.41) is 14.3. The van der Waals surface area contributed by atoms with Crippen LogP contribution in [0.25, 0.3) is 0 Å². The minimum atomic E-state index is -0.449. The van der Waals surface area contributed by atoms with E-state index in [9.17, 15) is 4.79 Å². The molecule has 1 aromatic heterocycles. The number of anilines is 1. The smallest absolute Gasteiger partial charge is 0.244 e. The molecule has 0 aliphatic rings. The van der Waals surface area contributed by atoms with Crippen molar-refractivity contribution in [2.45, 2.75) is 0 Å². The van der Waals surface area contributed by atoms with Gasteiger partial charge in [0.05, 0.1) is 12.4 Å². The van der Waals surface area contributed by atoms with Crippen LogP contribution in [0.1, 0.15) is 11.1 Å². The molecule has 2 aromatic carbocycles. The van der Waals surface area contributed by atoms with Crippen molar-refractivity contribution in [3.8, 4) is 0 Å². The summed E-state index contributed by atoms with van der Waals surface area (Å²) in [6.45, 7) is 0. The average molecular weight is 306 g/mol. The Bertz CT molecular complexity index is 864. The van der Waals surface area contributed by atoms with Crippen LogP contribution in [0, 0.1) is 0 Å². The summed E-state index contributed by atoms with van der Waals surface area (Å²) < 4.78 is 1.11. The zero-order chi connectivity index (χ0) is 15.9. The van der Waals surface area contributed by atoms with Gasteiger partial charge in [0.2, 0.25) is 0 Å². The molecular weight excluding hydrogens is 292 g/mol. The number of hydrazone groups is 1. The van der Waals surface area contributed by atoms with E-state index in [1.807, 2.05) is 60.7 Å². The van der Waals surface area contributed by atoms with Gasteiger partial charge in [0.1, 0.15) is 0 Å². The van der Waals surface area contributed by atoms with Gasteiger partial charge in [-0.15, -0.1) is 9.77 Å². The molecule has 0 amide bonds. The highest BCUT2D eigenvalue weighted by molar-refractivity contribution is 5.80. The minimum absolute atomic E-state index is 0.203. The Morgan fingerprint density at radius 1 is 0.957 bits per heavy atom. The molecule has 7 nitrogen and oxygen atoms in total. The van der Waals surface area contributed by atoms with Crippen LogP contribution in [0.3, 0.4) is 0 Å². The van der Waals surface area contributed by atoms with Crippen LogP contribution in [-0.4, -0.2) is 27.3 Å². The third-order valence-corrected chi connectivity index (χ3v) is 2.95. The molecule has 23 heavy (non-hydrogen) atoms. The number of hydrogen-bond donors (Lipinski definition) is 2. The molecule has 0 radical (unpaired) electrons. The van der Waals surface area contributed by atoms with Crippen molar-refractivity contribution in [2.24, 2.45) is 10.2 Å². The Labute approximate surface area is 132 Å². The zero-order valence-corrected chi connectivity index (χ0v) is 12.1. The summed E-state index contributed by atoms with van der Waals surface area (Å²) in [6, 6.07) is 19.0. The number of nitrogens with zero attached hydrogens (tertiary/aromatic N) is 4. The van der Waals surface area contributed by atoms with Crippen LogP contribution in [0.2, 0.25) is 0 Å². The zero-order valence-electron chi connectivity index (χ0n) is 12.1. The normalized spacial score (nSPS) is 11.3. The summed E-state index contributed by atoms with van der Waals surface area (Å²) in [7, 11) is 0. The largest absolute Gasteiger partial charge is 0.365 e. The van der Waals surface area contributed by atoms with Crippen molar-refractivity contribution in [2.75, 3.05) is 5.43 Å². The summed E-state index contributed by atoms with van der Waals surface area (Å²) in [4.78, 5) is 11.7. The van der Waals surface area contributed by atoms with Crippen molar-refractivity contribution < 1.29 is 0 Å². The first-order valence-corrected chi connectivity index (χ1v) is 6.94. The molecule has 3 aromatic rings. The Morgan fingerprint density at radius 3 is 2.22 bits per heavy atom. The van der Waals surface area contributed by atoms with Crippen LogP contribution < -0.4 is 11.1 Å². The second-order valence-corrected chi connectivity index (χ2v) is 4.60. The molecule has 0 unspecified atom stereocenters. The van der Waals surface area contributed by atoms with E-state index in [4.69, 9.17) is 0 Å². The van der Waals surface area contributed by atoms with Crippen molar-refractivity contribution in [1.29, 1.82) is 0 Å². The lowest BCUT2D eigenvalue weighted by Crippen LogP contribution is -2.14. The number of hydrogen-bond acceptors (Lipinski definition) is 5. The number of rotatable bonds is 5. The van der Waals surface area contributed by atoms with Gasteiger partial charge in [0.25, 0.3) is 5.95 Å². The first-order chi connectivity index (χ1) is 11.3. The fraction of sp³-hybridized carbons (Fsp3) is 0. The monoisotopic (exact) mass is 306 g/mol. The van der Waals surface area contributed by atoms with E-state index in [0.29, 0.717) is 0 Å². The highest BCUT2D eigenvalue weighted by Crippen LogP contribution is 2.00. The molecular formula is C16H14N6O. The van der Waals surface area contributed by atoms with E-state index in [2.05, 4.69) is 25.8 Å². The van der Waals surface area contributed by atoms with Gasteiger partial charge in [-0.2, -0.15) is 10.2 Å². The van der Waals surface area contributed by atoms with Gasteiger partial charge < -0.3 is 0 Å². The molecule has 2 N–H and O–H groups in total. The summed E-state index contributed by atoms with van der Waals surface area (Å²) in [5.74, 6) is 0.203. The molecule has 3 rings (SSSR count). The maximum absolute atomic E-state index is 11.7. The van der Waals surface area contributed by atoms with Crippen LogP contribution in [0.15, 0.2) is 75.7 Å². The Morgan fingerprint density at radius 2 is 1.57 bits per heavy atom. The third-order valence-electron chi connectivity index (χ3n) is 2.95. The molecule has 0 spiro atoms. The predicted octanol–water partition coefficient (Wildman–Crippen LogP) is 1.90. The molecule has 0 fully saturated rings. The molecule has 0 bridgehead atoms. The molecule has 1 heterocycles. The van der Waals surface area contributed by atoms with Gasteiger partial charge in [-0.3, -0.25) is 0 Å². The maximum Gasteiger partial charge on any atom is 0.365 e. The predicted molar refractivity (Wildman–Crippen MR) is 89.9 cm³/mol. The summed E-state index contributed by atoms with van der Waals surface area (Å²) >= 11 is 0. The first-order valence-electron chi connectivity index (χ1n) is 6.94. The Kier molecular flexibility index (Phi) is 4.39. The van der Waals surface area contributed by atoms with Crippen LogP contribution >= 0.6 is 0 Å². The molecule has 7 heteroatoms. The Hall–Kier alpha value is -3.48. The summed E-state index contributed by atoms with van der Waals surface area (Å²) in [5.41, 5.74) is 4.05. The molecule has 0 saturated carbocycles. The molecule has 0 aliphatic carbocycles. The van der Waals surface area contributed by atoms with Crippen LogP contribution in [0.5, 0.6) is 0 Å². The summed E-state index contributed by atoms with van der Waals surface area (Å²) in [6.07, 6.45) is 3.20. The lowest BCUT2D eigenvalue weighted by Gasteiger charge is -1.98. The topological polar surface area (TPSA) is 87.4 Å². The van der Waals surface area contributed by atoms with Gasteiger partial charge in [0, 0.05) is 0 Å². The van der Waals surface area contributed by atoms with Crippen LogP contribution in [0.4, 0.5) is 5.95 Å². The fourth-order valence-corrected chi connectivity index (χ4v) is 1.84. The average Bonchev–Trinajstić information content (AvgIpc) is 2.95. The number of aromatic nitrogens is 3. The third kappa shape index (κ3) is 3.79. The number of nitrogens with one attached hydrogen (secondary N) is 2. The number of H-pyrrole nitrogens is 1. The molecule has 0 aliphatic heterocycles. The number of benzene rings is 2. The van der Waals surface area contributed by atoms with E-state index in [0.717, 1.165) is 15.8 Å². The molecule has 0 atom stereocenters. The SMILES string of the molecule is O=c1[nH]nc(N/N=C/c2ccccc2)n1N=Cc1ccccc1. The van der Waals surface area contributed by atoms with E-state index in [1.165, 1.54) is 0 Å². The van der Waals surface area contributed by atoms with E-state index < -0.39 is 5.69 Å². The van der Waals surface area contributed by atoms with Crippen molar-refractivity contribution in [1.82, 2.24) is 14.9 Å². The Balaban J connectivity index is 1.75. The van der Waals surface area contributed by atoms with Gasteiger partial charge in [-0.1, -0.05) is 60.7 Å². The van der Waals surface area contributed by atoms with E-state index >= 15 is 0 Å². The standard InChI is InChI=1S/C16H14N6O/c23-16-21-20-15(19-17-11-13-7-3-1-4-8-13)22(16)18-12-14-9-5-2-6-10-14/h1-12H,(H,19,20)(H,21,23)/b17-11+,18-12?. The lowest BCUT2D eigenvalue weighted by atomic mass is 10.2. The van der Waals surface area contributed by atoms with E-state index in [1.54, 1.807) is 12.4 Å². The van der Waals surface area contributed by atoms with E-state index in [-0.39, 0.29) is 5.95 Å². The van der Waals surface area contributed by atoms with Crippen LogP contribution in [-0.2, 0) is 0 Å². The second-order valence-electron chi connectivity index (χ2n) is 4.60. The van der Waals surface area contributed by atoms with Gasteiger partial charge in [-0.05, 0) is 11.1 Å². The van der Waals surface area contributed by atoms with Gasteiger partial charge in [0.15, 0.2) is 0 Å². The highest BCUT2D eigenvalue weighted by Gasteiger charge is 2.05. The molecule has 114 valence electrons. The van der Waals surface area contributed by atoms with Gasteiger partial charge in [-0.25, -0.2) is 15.3 Å². The quantitative estimate of drug-likeness (QED) is 0.557. The fourth-order valence-electron chi connectivity index (χ4n) is 1.84. The number of aromatic amines is 1. The van der Waals surface area contributed by atoms with Crippen molar-refractivity contribution in [3.05, 3.63) is 82.3 Å². The maximum atomic E-state index is 11.7. The first kappa shape index (κ1) is 14.5. The molecule has 0 saturated heterocycles. The van der Waals surface area contributed by atoms with Crippen molar-refractivity contribution in [3.63, 3.8) is 0 Å². The second kappa shape index (κ2) is 6.99. The lowest BCUT2D eigenvalue weighted by molar-refractivity contribution is 0.837. The highest BCUT2D eigenvalue weighted by atomic mass is 16.2. The van der Waals surface area contributed by atoms with Gasteiger partial charge >= 0.3 is 5.69 Å².